The van der Waals surface area contributed by atoms with Gasteiger partial charge in [0.1, 0.15) is 0 Å². The van der Waals surface area contributed by atoms with Crippen molar-refractivity contribution in [1.29, 1.82) is 0 Å². The Morgan fingerprint density at radius 1 is 1.21 bits per heavy atom. The quantitative estimate of drug-likeness (QED) is 0.935. The number of nitrogens with two attached hydrogens (primary N) is 1. The average molecular weight is 328 g/mol. The van der Waals surface area contributed by atoms with Crippen molar-refractivity contribution in [2.75, 3.05) is 23.8 Å². The maximum Gasteiger partial charge on any atom is 0.414 e. The normalized spacial score (nSPS) is 19.7. The van der Waals surface area contributed by atoms with Crippen LogP contribution in [0.1, 0.15) is 38.5 Å². The number of carbonyl (C=O) groups is 1. The van der Waals surface area contributed by atoms with E-state index in [0.29, 0.717) is 25.0 Å². The summed E-state index contributed by atoms with van der Waals surface area (Å²) in [5.41, 5.74) is 8.90. The van der Waals surface area contributed by atoms with Crippen molar-refractivity contribution >= 4 is 28.8 Å². The van der Waals surface area contributed by atoms with Gasteiger partial charge in [0.05, 0.1) is 17.6 Å². The summed E-state index contributed by atoms with van der Waals surface area (Å²) in [5, 5.41) is 0. The monoisotopic (exact) mass is 328 g/mol. The molecule has 6 nitrogen and oxygen atoms in total. The van der Waals surface area contributed by atoms with E-state index >= 15 is 0 Å². The van der Waals surface area contributed by atoms with E-state index in [0.717, 1.165) is 29.7 Å². The summed E-state index contributed by atoms with van der Waals surface area (Å²) in [7, 11) is 0. The molecule has 1 saturated carbocycles. The van der Waals surface area contributed by atoms with Crippen LogP contribution < -0.4 is 10.6 Å². The maximum absolute atomic E-state index is 11.9. The minimum Gasteiger partial charge on any atom is -0.449 e. The molecule has 0 spiro atoms. The number of rotatable bonds is 3. The van der Waals surface area contributed by atoms with Gasteiger partial charge in [-0.2, -0.15) is 0 Å². The second-order valence-corrected chi connectivity index (χ2v) is 6.88. The molecule has 2 aromatic rings. The highest BCUT2D eigenvalue weighted by Gasteiger charge is 2.23. The zero-order valence-corrected chi connectivity index (χ0v) is 13.9. The van der Waals surface area contributed by atoms with Crippen LogP contribution >= 0.6 is 0 Å². The fourth-order valence-corrected chi connectivity index (χ4v) is 3.91. The molecule has 1 aliphatic carbocycles. The number of amides is 1. The van der Waals surface area contributed by atoms with Crippen molar-refractivity contribution in [1.82, 2.24) is 9.55 Å². The molecule has 1 aliphatic heterocycles. The topological polar surface area (TPSA) is 73.4 Å². The van der Waals surface area contributed by atoms with Gasteiger partial charge < -0.3 is 15.0 Å². The molecule has 2 heterocycles. The van der Waals surface area contributed by atoms with Gasteiger partial charge in [0.2, 0.25) is 5.95 Å². The van der Waals surface area contributed by atoms with Gasteiger partial charge in [-0.25, -0.2) is 9.78 Å². The van der Waals surface area contributed by atoms with Gasteiger partial charge >= 0.3 is 6.09 Å². The highest BCUT2D eigenvalue weighted by Crippen LogP contribution is 2.30. The number of aromatic nitrogens is 2. The minimum absolute atomic E-state index is 0.282. The summed E-state index contributed by atoms with van der Waals surface area (Å²) in [6, 6.07) is 5.93. The summed E-state index contributed by atoms with van der Waals surface area (Å²) in [4.78, 5) is 18.1. The molecular weight excluding hydrogens is 304 g/mol. The Kier molecular flexibility index (Phi) is 4.04. The first kappa shape index (κ1) is 15.3. The number of benzene rings is 1. The van der Waals surface area contributed by atoms with Crippen LogP contribution in [0.4, 0.5) is 16.4 Å². The molecule has 1 aromatic heterocycles. The average Bonchev–Trinajstić information content (AvgIpc) is 2.91. The molecule has 0 unspecified atom stereocenters. The van der Waals surface area contributed by atoms with Crippen LogP contribution in [0, 0.1) is 5.92 Å². The van der Waals surface area contributed by atoms with E-state index in [1.165, 1.54) is 32.1 Å². The number of hydrogen-bond donors (Lipinski definition) is 1. The van der Waals surface area contributed by atoms with Crippen LogP contribution in [0.2, 0.25) is 0 Å². The number of cyclic esters (lactones) is 1. The molecule has 2 aliphatic rings. The van der Waals surface area contributed by atoms with E-state index in [1.54, 1.807) is 4.90 Å². The van der Waals surface area contributed by atoms with Crippen LogP contribution in [0.25, 0.3) is 11.0 Å². The smallest absolute Gasteiger partial charge is 0.414 e. The number of ether oxygens (including phenoxy) is 1. The second-order valence-electron chi connectivity index (χ2n) is 6.88. The molecule has 6 heteroatoms. The number of imidazole rings is 1. The number of hydrogen-bond acceptors (Lipinski definition) is 4. The first-order valence-electron chi connectivity index (χ1n) is 8.92. The van der Waals surface area contributed by atoms with Gasteiger partial charge in [-0.15, -0.1) is 0 Å². The summed E-state index contributed by atoms with van der Waals surface area (Å²) < 4.78 is 7.25. The summed E-state index contributed by atoms with van der Waals surface area (Å²) >= 11 is 0. The van der Waals surface area contributed by atoms with Crippen molar-refractivity contribution in [2.24, 2.45) is 5.92 Å². The highest BCUT2D eigenvalue weighted by atomic mass is 16.6. The van der Waals surface area contributed by atoms with Gasteiger partial charge in [-0.1, -0.05) is 19.3 Å². The van der Waals surface area contributed by atoms with Crippen LogP contribution in [-0.4, -0.2) is 28.8 Å². The van der Waals surface area contributed by atoms with Crippen molar-refractivity contribution in [3.63, 3.8) is 0 Å². The van der Waals surface area contributed by atoms with Gasteiger partial charge in [0.15, 0.2) is 0 Å². The number of nitrogens with zero attached hydrogens (tertiary/aromatic N) is 3. The second kappa shape index (κ2) is 6.34. The predicted molar refractivity (Wildman–Crippen MR) is 94.0 cm³/mol. The van der Waals surface area contributed by atoms with Crippen LogP contribution in [0.5, 0.6) is 0 Å². The molecule has 0 atom stereocenters. The molecule has 1 amide bonds. The summed E-state index contributed by atoms with van der Waals surface area (Å²) in [6.07, 6.45) is 7.11. The Labute approximate surface area is 141 Å². The van der Waals surface area contributed by atoms with E-state index in [-0.39, 0.29) is 6.09 Å². The third-order valence-electron chi connectivity index (χ3n) is 5.21. The first-order valence-corrected chi connectivity index (χ1v) is 8.92. The van der Waals surface area contributed by atoms with Gasteiger partial charge in [-0.3, -0.25) is 4.90 Å². The van der Waals surface area contributed by atoms with Gasteiger partial charge in [0.25, 0.3) is 0 Å². The van der Waals surface area contributed by atoms with Gasteiger partial charge in [-0.05, 0) is 43.4 Å². The van der Waals surface area contributed by atoms with E-state index in [2.05, 4.69) is 9.55 Å². The summed E-state index contributed by atoms with van der Waals surface area (Å²) in [6.45, 7) is 2.12. The van der Waals surface area contributed by atoms with E-state index in [9.17, 15) is 4.79 Å². The fraction of sp³-hybridized carbons (Fsp3) is 0.556. The zero-order valence-electron chi connectivity index (χ0n) is 13.9. The number of carbonyl (C=O) groups excluding carboxylic acids is 1. The van der Waals surface area contributed by atoms with Crippen LogP contribution in [0.3, 0.4) is 0 Å². The molecule has 2 fully saturated rings. The molecule has 0 bridgehead atoms. The van der Waals surface area contributed by atoms with Crippen LogP contribution in [-0.2, 0) is 11.3 Å². The van der Waals surface area contributed by atoms with E-state index in [1.807, 2.05) is 18.2 Å². The van der Waals surface area contributed by atoms with Crippen molar-refractivity contribution in [3.05, 3.63) is 18.2 Å². The fourth-order valence-electron chi connectivity index (χ4n) is 3.91. The number of anilines is 2. The minimum atomic E-state index is -0.282. The van der Waals surface area contributed by atoms with Crippen molar-refractivity contribution in [3.8, 4) is 0 Å². The Morgan fingerprint density at radius 3 is 2.83 bits per heavy atom. The largest absolute Gasteiger partial charge is 0.449 e. The predicted octanol–water partition coefficient (Wildman–Crippen LogP) is 3.55. The lowest BCUT2D eigenvalue weighted by atomic mass is 9.89. The number of nitrogen functional groups attached to an aromatic ring is 1. The SMILES string of the molecule is Nc1nc2cc(N3CCCOC3=O)ccc2n1CC1CCCCC1. The molecule has 4 rings (SSSR count). The van der Waals surface area contributed by atoms with E-state index in [4.69, 9.17) is 10.5 Å². The molecule has 128 valence electrons. The molecular formula is C18H24N4O2. The highest BCUT2D eigenvalue weighted by molar-refractivity contribution is 5.92. The third-order valence-corrected chi connectivity index (χ3v) is 5.21. The number of fused-ring (bicyclic) bond motifs is 1. The van der Waals surface area contributed by atoms with Crippen LogP contribution in [0.15, 0.2) is 18.2 Å². The zero-order chi connectivity index (χ0) is 16.5. The lowest BCUT2D eigenvalue weighted by Gasteiger charge is -2.26. The molecule has 24 heavy (non-hydrogen) atoms. The lowest BCUT2D eigenvalue weighted by molar-refractivity contribution is 0.140. The Hall–Kier alpha value is -2.24. The van der Waals surface area contributed by atoms with Crippen molar-refractivity contribution in [2.45, 2.75) is 45.1 Å². The molecule has 0 radical (unpaired) electrons. The first-order chi connectivity index (χ1) is 11.7. The van der Waals surface area contributed by atoms with E-state index < -0.39 is 0 Å². The Morgan fingerprint density at radius 2 is 2.04 bits per heavy atom. The van der Waals surface area contributed by atoms with Crippen molar-refractivity contribution < 1.29 is 9.53 Å². The maximum atomic E-state index is 11.9. The third kappa shape index (κ3) is 2.81. The molecule has 2 N–H and O–H groups in total. The Balaban J connectivity index is 1.62. The summed E-state index contributed by atoms with van der Waals surface area (Å²) in [5.74, 6) is 1.25. The lowest BCUT2D eigenvalue weighted by Crippen LogP contribution is -2.37. The van der Waals surface area contributed by atoms with Gasteiger partial charge in [0, 0.05) is 18.8 Å². The molecule has 1 saturated heterocycles. The standard InChI is InChI=1S/C18H24N4O2/c19-17-20-15-11-14(21-9-4-10-24-18(21)23)7-8-16(15)22(17)12-13-5-2-1-3-6-13/h7-8,11,13H,1-6,9-10,12H2,(H2,19,20). The Bertz CT molecular complexity index is 749. The molecule has 1 aromatic carbocycles.